The van der Waals surface area contributed by atoms with Crippen LogP contribution >= 0.6 is 0 Å². The standard InChI is InChI=1S/C19H28N2/c1-8-19(21(12-14(2)3)13-15(4)5)20-18-10-9-16(6)11-17(18)7/h1,9-11,14-15H,12-13H2,2-7H3. The molecular formula is C19H28N2. The average Bonchev–Trinajstić information content (AvgIpc) is 2.36. The maximum Gasteiger partial charge on any atom is 0.181 e. The SMILES string of the molecule is C#CC(=Nc1ccc(C)cc1C)N(CC(C)C)CC(C)C. The summed E-state index contributed by atoms with van der Waals surface area (Å²) in [6.07, 6.45) is 5.73. The molecule has 0 fully saturated rings. The van der Waals surface area contributed by atoms with E-state index in [9.17, 15) is 0 Å². The third-order valence-corrected chi connectivity index (χ3v) is 3.18. The maximum absolute atomic E-state index is 5.73. The Labute approximate surface area is 130 Å². The van der Waals surface area contributed by atoms with Gasteiger partial charge in [-0.3, -0.25) is 0 Å². The van der Waals surface area contributed by atoms with Gasteiger partial charge in [0.2, 0.25) is 0 Å². The molecule has 0 radical (unpaired) electrons. The fourth-order valence-electron chi connectivity index (χ4n) is 2.37. The second-order valence-corrected chi connectivity index (χ2v) is 6.56. The number of amidine groups is 1. The zero-order chi connectivity index (χ0) is 16.0. The van der Waals surface area contributed by atoms with Gasteiger partial charge in [-0.2, -0.15) is 0 Å². The van der Waals surface area contributed by atoms with Crippen LogP contribution in [0.3, 0.4) is 0 Å². The van der Waals surface area contributed by atoms with Gasteiger partial charge in [0.05, 0.1) is 5.69 Å². The molecule has 0 amide bonds. The van der Waals surface area contributed by atoms with Crippen LogP contribution in [0.4, 0.5) is 5.69 Å². The van der Waals surface area contributed by atoms with Crippen molar-refractivity contribution in [1.82, 2.24) is 4.90 Å². The van der Waals surface area contributed by atoms with Gasteiger partial charge in [-0.05, 0) is 43.2 Å². The summed E-state index contributed by atoms with van der Waals surface area (Å²) in [6, 6.07) is 6.27. The van der Waals surface area contributed by atoms with Crippen molar-refractivity contribution in [2.75, 3.05) is 13.1 Å². The molecule has 1 aromatic carbocycles. The monoisotopic (exact) mass is 284 g/mol. The van der Waals surface area contributed by atoms with Crippen LogP contribution in [0, 0.1) is 38.0 Å². The highest BCUT2D eigenvalue weighted by molar-refractivity contribution is 5.99. The molecule has 0 N–H and O–H groups in total. The quantitative estimate of drug-likeness (QED) is 0.439. The summed E-state index contributed by atoms with van der Waals surface area (Å²) in [6.45, 7) is 14.9. The summed E-state index contributed by atoms with van der Waals surface area (Å²) in [7, 11) is 0. The van der Waals surface area contributed by atoms with E-state index < -0.39 is 0 Å². The Hall–Kier alpha value is -1.75. The lowest BCUT2D eigenvalue weighted by Crippen LogP contribution is -2.36. The summed E-state index contributed by atoms with van der Waals surface area (Å²) in [5.41, 5.74) is 3.37. The summed E-state index contributed by atoms with van der Waals surface area (Å²) < 4.78 is 0. The second-order valence-electron chi connectivity index (χ2n) is 6.56. The largest absolute Gasteiger partial charge is 0.349 e. The molecule has 0 bridgehead atoms. The van der Waals surface area contributed by atoms with Crippen LogP contribution in [0.2, 0.25) is 0 Å². The molecular weight excluding hydrogens is 256 g/mol. The van der Waals surface area contributed by atoms with E-state index in [1.807, 2.05) is 6.07 Å². The second kappa shape index (κ2) is 7.88. The first-order chi connectivity index (χ1) is 9.83. The predicted octanol–water partition coefficient (Wildman–Crippen LogP) is 4.58. The topological polar surface area (TPSA) is 15.6 Å². The molecule has 21 heavy (non-hydrogen) atoms. The van der Waals surface area contributed by atoms with Crippen molar-refractivity contribution >= 4 is 11.5 Å². The Balaban J connectivity index is 3.11. The van der Waals surface area contributed by atoms with Gasteiger partial charge in [-0.1, -0.05) is 45.4 Å². The van der Waals surface area contributed by atoms with E-state index in [0.717, 1.165) is 30.2 Å². The predicted molar refractivity (Wildman–Crippen MR) is 93.1 cm³/mol. The molecule has 0 aliphatic rings. The summed E-state index contributed by atoms with van der Waals surface area (Å²) in [5.74, 6) is 4.63. The van der Waals surface area contributed by atoms with E-state index in [0.29, 0.717) is 11.8 Å². The maximum atomic E-state index is 5.73. The molecule has 2 nitrogen and oxygen atoms in total. The molecule has 0 saturated heterocycles. The highest BCUT2D eigenvalue weighted by Crippen LogP contribution is 2.20. The smallest absolute Gasteiger partial charge is 0.181 e. The molecule has 0 aliphatic carbocycles. The highest BCUT2D eigenvalue weighted by Gasteiger charge is 2.13. The zero-order valence-corrected chi connectivity index (χ0v) is 14.3. The third-order valence-electron chi connectivity index (χ3n) is 3.18. The zero-order valence-electron chi connectivity index (χ0n) is 14.3. The van der Waals surface area contributed by atoms with Crippen LogP contribution in [-0.2, 0) is 0 Å². The number of aliphatic imine (C=N–C) groups is 1. The minimum Gasteiger partial charge on any atom is -0.349 e. The Morgan fingerprint density at radius 3 is 2.14 bits per heavy atom. The van der Waals surface area contributed by atoms with Gasteiger partial charge in [-0.25, -0.2) is 4.99 Å². The van der Waals surface area contributed by atoms with Gasteiger partial charge in [0, 0.05) is 13.1 Å². The molecule has 2 heteroatoms. The normalized spacial score (nSPS) is 11.9. The molecule has 114 valence electrons. The van der Waals surface area contributed by atoms with Gasteiger partial charge in [0.1, 0.15) is 0 Å². The first kappa shape index (κ1) is 17.3. The third kappa shape index (κ3) is 5.63. The van der Waals surface area contributed by atoms with E-state index in [2.05, 4.69) is 64.5 Å². The summed E-state index contributed by atoms with van der Waals surface area (Å²) in [4.78, 5) is 6.96. The Kier molecular flexibility index (Phi) is 6.49. The van der Waals surface area contributed by atoms with Gasteiger partial charge in [0.15, 0.2) is 5.84 Å². The Bertz CT molecular complexity index is 523. The van der Waals surface area contributed by atoms with Crippen LogP contribution in [0.25, 0.3) is 0 Å². The number of rotatable bonds is 5. The van der Waals surface area contributed by atoms with Crippen LogP contribution in [0.5, 0.6) is 0 Å². The van der Waals surface area contributed by atoms with Gasteiger partial charge < -0.3 is 4.90 Å². The van der Waals surface area contributed by atoms with Crippen LogP contribution < -0.4 is 0 Å². The van der Waals surface area contributed by atoms with Gasteiger partial charge >= 0.3 is 0 Å². The molecule has 0 atom stereocenters. The van der Waals surface area contributed by atoms with Crippen molar-refractivity contribution in [3.8, 4) is 12.3 Å². The molecule has 0 unspecified atom stereocenters. The van der Waals surface area contributed by atoms with Crippen molar-refractivity contribution in [2.45, 2.75) is 41.5 Å². The summed E-state index contributed by atoms with van der Waals surface area (Å²) in [5, 5.41) is 0. The van der Waals surface area contributed by atoms with Gasteiger partial charge in [0.25, 0.3) is 0 Å². The van der Waals surface area contributed by atoms with Crippen molar-refractivity contribution < 1.29 is 0 Å². The number of hydrogen-bond acceptors (Lipinski definition) is 1. The molecule has 1 rings (SSSR count). The lowest BCUT2D eigenvalue weighted by molar-refractivity contribution is 0.330. The Morgan fingerprint density at radius 2 is 1.71 bits per heavy atom. The summed E-state index contributed by atoms with van der Waals surface area (Å²) >= 11 is 0. The van der Waals surface area contributed by atoms with Crippen molar-refractivity contribution in [3.05, 3.63) is 29.3 Å². The highest BCUT2D eigenvalue weighted by atomic mass is 15.2. The van der Waals surface area contributed by atoms with Crippen molar-refractivity contribution in [1.29, 1.82) is 0 Å². The van der Waals surface area contributed by atoms with Crippen LogP contribution in [0.1, 0.15) is 38.8 Å². The molecule has 0 aromatic heterocycles. The minimum absolute atomic E-state index is 0.557. The molecule has 0 spiro atoms. The van der Waals surface area contributed by atoms with E-state index in [4.69, 9.17) is 11.4 Å². The van der Waals surface area contributed by atoms with E-state index >= 15 is 0 Å². The Morgan fingerprint density at radius 1 is 1.14 bits per heavy atom. The van der Waals surface area contributed by atoms with E-state index in [1.54, 1.807) is 0 Å². The molecule has 1 aromatic rings. The minimum atomic E-state index is 0.557. The van der Waals surface area contributed by atoms with E-state index in [1.165, 1.54) is 5.56 Å². The first-order valence-electron chi connectivity index (χ1n) is 7.71. The number of nitrogens with zero attached hydrogens (tertiary/aromatic N) is 2. The molecule has 0 saturated carbocycles. The fourth-order valence-corrected chi connectivity index (χ4v) is 2.37. The fraction of sp³-hybridized carbons (Fsp3) is 0.526. The first-order valence-corrected chi connectivity index (χ1v) is 7.71. The van der Waals surface area contributed by atoms with Crippen molar-refractivity contribution in [2.24, 2.45) is 16.8 Å². The molecule has 0 aliphatic heterocycles. The van der Waals surface area contributed by atoms with Crippen LogP contribution in [0.15, 0.2) is 23.2 Å². The number of aryl methyl sites for hydroxylation is 2. The number of benzene rings is 1. The molecule has 0 heterocycles. The average molecular weight is 284 g/mol. The number of hydrogen-bond donors (Lipinski definition) is 0. The lowest BCUT2D eigenvalue weighted by Gasteiger charge is -2.27. The van der Waals surface area contributed by atoms with E-state index in [-0.39, 0.29) is 0 Å². The lowest BCUT2D eigenvalue weighted by atomic mass is 10.1. The van der Waals surface area contributed by atoms with Crippen molar-refractivity contribution in [3.63, 3.8) is 0 Å². The van der Waals surface area contributed by atoms with Crippen LogP contribution in [-0.4, -0.2) is 23.8 Å². The number of terminal acetylenes is 1. The van der Waals surface area contributed by atoms with Gasteiger partial charge in [-0.15, -0.1) is 6.42 Å².